The SMILES string of the molecule is CC(C)OC(=O)CCNC(=O)CCCC1CCCCC1. The lowest BCUT2D eigenvalue weighted by Gasteiger charge is -2.21. The molecule has 1 fully saturated rings. The molecule has 1 N–H and O–H groups in total. The maximum absolute atomic E-state index is 11.6. The molecular weight excluding hydrogens is 254 g/mol. The van der Waals surface area contributed by atoms with Crippen molar-refractivity contribution in [2.45, 2.75) is 77.7 Å². The van der Waals surface area contributed by atoms with Gasteiger partial charge in [0.15, 0.2) is 0 Å². The van der Waals surface area contributed by atoms with Gasteiger partial charge in [-0.15, -0.1) is 0 Å². The highest BCUT2D eigenvalue weighted by atomic mass is 16.5. The van der Waals surface area contributed by atoms with Crippen molar-refractivity contribution >= 4 is 11.9 Å². The van der Waals surface area contributed by atoms with E-state index in [2.05, 4.69) is 5.32 Å². The van der Waals surface area contributed by atoms with Crippen LogP contribution in [0, 0.1) is 5.92 Å². The minimum Gasteiger partial charge on any atom is -0.463 e. The summed E-state index contributed by atoms with van der Waals surface area (Å²) in [7, 11) is 0. The summed E-state index contributed by atoms with van der Waals surface area (Å²) in [5.41, 5.74) is 0. The molecule has 1 saturated carbocycles. The number of hydrogen-bond donors (Lipinski definition) is 1. The number of carbonyl (C=O) groups excluding carboxylic acids is 2. The summed E-state index contributed by atoms with van der Waals surface area (Å²) in [5.74, 6) is 0.637. The van der Waals surface area contributed by atoms with E-state index >= 15 is 0 Å². The number of ether oxygens (including phenoxy) is 1. The summed E-state index contributed by atoms with van der Waals surface area (Å²) in [6.07, 6.45) is 9.64. The molecule has 0 atom stereocenters. The Morgan fingerprint density at radius 2 is 1.85 bits per heavy atom. The van der Waals surface area contributed by atoms with E-state index in [0.717, 1.165) is 12.3 Å². The smallest absolute Gasteiger partial charge is 0.307 e. The molecule has 20 heavy (non-hydrogen) atoms. The summed E-state index contributed by atoms with van der Waals surface area (Å²) in [5, 5.41) is 2.78. The van der Waals surface area contributed by atoms with Gasteiger partial charge < -0.3 is 10.1 Å². The highest BCUT2D eigenvalue weighted by Crippen LogP contribution is 2.27. The Morgan fingerprint density at radius 3 is 2.50 bits per heavy atom. The minimum atomic E-state index is -0.248. The highest BCUT2D eigenvalue weighted by molar-refractivity contribution is 5.77. The molecule has 0 heterocycles. The van der Waals surface area contributed by atoms with Crippen LogP contribution in [0.2, 0.25) is 0 Å². The van der Waals surface area contributed by atoms with Gasteiger partial charge in [-0.1, -0.05) is 32.1 Å². The summed E-state index contributed by atoms with van der Waals surface area (Å²) in [4.78, 5) is 22.9. The lowest BCUT2D eigenvalue weighted by atomic mass is 9.86. The van der Waals surface area contributed by atoms with Gasteiger partial charge in [0.1, 0.15) is 0 Å². The van der Waals surface area contributed by atoms with Crippen LogP contribution in [0.15, 0.2) is 0 Å². The molecule has 0 unspecified atom stereocenters. The third kappa shape index (κ3) is 8.18. The first-order chi connectivity index (χ1) is 9.58. The molecule has 1 rings (SSSR count). The zero-order valence-electron chi connectivity index (χ0n) is 13.0. The molecule has 0 aliphatic heterocycles. The zero-order chi connectivity index (χ0) is 14.8. The monoisotopic (exact) mass is 283 g/mol. The standard InChI is InChI=1S/C16H29NO3/c1-13(2)20-16(19)11-12-17-15(18)10-6-9-14-7-4-3-5-8-14/h13-14H,3-12H2,1-2H3,(H,17,18). The second-order valence-corrected chi connectivity index (χ2v) is 6.03. The Morgan fingerprint density at radius 1 is 1.15 bits per heavy atom. The summed E-state index contributed by atoms with van der Waals surface area (Å²) in [6, 6.07) is 0. The number of rotatable bonds is 8. The van der Waals surface area contributed by atoms with Gasteiger partial charge in [-0.3, -0.25) is 9.59 Å². The van der Waals surface area contributed by atoms with E-state index in [-0.39, 0.29) is 24.4 Å². The second kappa shape index (κ2) is 9.78. The molecule has 4 nitrogen and oxygen atoms in total. The molecule has 1 amide bonds. The Kier molecular flexibility index (Phi) is 8.31. The molecule has 1 aliphatic carbocycles. The molecule has 1 aliphatic rings. The molecule has 4 heteroatoms. The Labute approximate surface area is 122 Å². The van der Waals surface area contributed by atoms with Crippen molar-refractivity contribution < 1.29 is 14.3 Å². The third-order valence-corrected chi connectivity index (χ3v) is 3.76. The fourth-order valence-corrected chi connectivity index (χ4v) is 2.74. The molecule has 0 aromatic carbocycles. The van der Waals surface area contributed by atoms with E-state index in [1.54, 1.807) is 0 Å². The van der Waals surface area contributed by atoms with Gasteiger partial charge in [0.2, 0.25) is 5.91 Å². The van der Waals surface area contributed by atoms with Gasteiger partial charge in [-0.2, -0.15) is 0 Å². The van der Waals surface area contributed by atoms with Crippen LogP contribution in [0.4, 0.5) is 0 Å². The molecule has 0 aromatic heterocycles. The van der Waals surface area contributed by atoms with E-state index in [9.17, 15) is 9.59 Å². The molecular formula is C16H29NO3. The number of nitrogens with one attached hydrogen (secondary N) is 1. The lowest BCUT2D eigenvalue weighted by Crippen LogP contribution is -2.27. The first-order valence-electron chi connectivity index (χ1n) is 8.04. The van der Waals surface area contributed by atoms with Crippen molar-refractivity contribution in [2.75, 3.05) is 6.54 Å². The highest BCUT2D eigenvalue weighted by Gasteiger charge is 2.13. The van der Waals surface area contributed by atoms with Crippen LogP contribution in [-0.4, -0.2) is 24.5 Å². The zero-order valence-corrected chi connectivity index (χ0v) is 13.0. The van der Waals surface area contributed by atoms with Gasteiger partial charge >= 0.3 is 5.97 Å². The van der Waals surface area contributed by atoms with Crippen LogP contribution in [0.25, 0.3) is 0 Å². The molecule has 116 valence electrons. The Bertz CT molecular complexity index is 296. The van der Waals surface area contributed by atoms with Gasteiger partial charge in [0.05, 0.1) is 12.5 Å². The molecule has 0 bridgehead atoms. The van der Waals surface area contributed by atoms with Crippen LogP contribution in [0.1, 0.15) is 71.6 Å². The van der Waals surface area contributed by atoms with E-state index < -0.39 is 0 Å². The van der Waals surface area contributed by atoms with E-state index in [4.69, 9.17) is 4.74 Å². The topological polar surface area (TPSA) is 55.4 Å². The molecule has 0 saturated heterocycles. The van der Waals surface area contributed by atoms with Crippen molar-refractivity contribution in [3.8, 4) is 0 Å². The molecule has 0 aromatic rings. The molecule has 0 spiro atoms. The summed E-state index contributed by atoms with van der Waals surface area (Å²) in [6.45, 7) is 4.03. The van der Waals surface area contributed by atoms with Crippen molar-refractivity contribution in [3.05, 3.63) is 0 Å². The fraction of sp³-hybridized carbons (Fsp3) is 0.875. The van der Waals surface area contributed by atoms with Gasteiger partial charge in [-0.05, 0) is 32.6 Å². The Hall–Kier alpha value is -1.06. The maximum Gasteiger partial charge on any atom is 0.307 e. The van der Waals surface area contributed by atoms with Crippen LogP contribution >= 0.6 is 0 Å². The summed E-state index contributed by atoms with van der Waals surface area (Å²) < 4.78 is 5.00. The van der Waals surface area contributed by atoms with Crippen molar-refractivity contribution in [1.82, 2.24) is 5.32 Å². The first kappa shape index (κ1) is 17.0. The molecule has 0 radical (unpaired) electrons. The third-order valence-electron chi connectivity index (χ3n) is 3.76. The van der Waals surface area contributed by atoms with E-state index in [1.807, 2.05) is 13.8 Å². The van der Waals surface area contributed by atoms with Crippen LogP contribution < -0.4 is 5.32 Å². The predicted octanol–water partition coefficient (Wildman–Crippen LogP) is 3.19. The van der Waals surface area contributed by atoms with Gasteiger partial charge in [-0.25, -0.2) is 0 Å². The van der Waals surface area contributed by atoms with Crippen molar-refractivity contribution in [1.29, 1.82) is 0 Å². The predicted molar refractivity (Wildman–Crippen MR) is 79.3 cm³/mol. The first-order valence-corrected chi connectivity index (χ1v) is 8.04. The number of amides is 1. The average molecular weight is 283 g/mol. The fourth-order valence-electron chi connectivity index (χ4n) is 2.74. The number of carbonyl (C=O) groups is 2. The van der Waals surface area contributed by atoms with E-state index in [1.165, 1.54) is 38.5 Å². The van der Waals surface area contributed by atoms with Crippen LogP contribution in [0.5, 0.6) is 0 Å². The number of hydrogen-bond acceptors (Lipinski definition) is 3. The largest absolute Gasteiger partial charge is 0.463 e. The van der Waals surface area contributed by atoms with Crippen LogP contribution in [-0.2, 0) is 14.3 Å². The normalized spacial score (nSPS) is 16.1. The van der Waals surface area contributed by atoms with Crippen molar-refractivity contribution in [3.63, 3.8) is 0 Å². The van der Waals surface area contributed by atoms with Crippen LogP contribution in [0.3, 0.4) is 0 Å². The maximum atomic E-state index is 11.6. The van der Waals surface area contributed by atoms with Crippen molar-refractivity contribution in [2.24, 2.45) is 5.92 Å². The lowest BCUT2D eigenvalue weighted by molar-refractivity contribution is -0.147. The minimum absolute atomic E-state index is 0.0538. The summed E-state index contributed by atoms with van der Waals surface area (Å²) >= 11 is 0. The quantitative estimate of drug-likeness (QED) is 0.696. The van der Waals surface area contributed by atoms with Gasteiger partial charge in [0.25, 0.3) is 0 Å². The Balaban J connectivity index is 1.98. The van der Waals surface area contributed by atoms with E-state index in [0.29, 0.717) is 13.0 Å². The number of esters is 1. The average Bonchev–Trinajstić information content (AvgIpc) is 2.39. The van der Waals surface area contributed by atoms with Gasteiger partial charge in [0, 0.05) is 13.0 Å². The second-order valence-electron chi connectivity index (χ2n) is 6.03.